The van der Waals surface area contributed by atoms with Crippen LogP contribution in [0.25, 0.3) is 22.5 Å². The van der Waals surface area contributed by atoms with Crippen molar-refractivity contribution in [3.63, 3.8) is 0 Å². The third kappa shape index (κ3) is 4.26. The van der Waals surface area contributed by atoms with E-state index in [-0.39, 0.29) is 29.7 Å². The van der Waals surface area contributed by atoms with Crippen molar-refractivity contribution in [1.82, 2.24) is 14.7 Å². The molecule has 0 saturated carbocycles. The highest BCUT2D eigenvalue weighted by molar-refractivity contribution is 5.78. The second-order valence-electron chi connectivity index (χ2n) is 6.49. The number of nitrogens with zero attached hydrogens (tertiary/aromatic N) is 3. The van der Waals surface area contributed by atoms with Crippen molar-refractivity contribution in [2.24, 2.45) is 0 Å². The van der Waals surface area contributed by atoms with Gasteiger partial charge in [-0.25, -0.2) is 22.9 Å². The molecule has 2 aromatic heterocycles. The summed E-state index contributed by atoms with van der Waals surface area (Å²) in [5, 5.41) is 0. The lowest BCUT2D eigenvalue weighted by Crippen LogP contribution is -2.05. The first-order valence-electron chi connectivity index (χ1n) is 9.51. The topological polar surface area (TPSA) is 79.4 Å². The fourth-order valence-electron chi connectivity index (χ4n) is 3.00. The number of rotatable bonds is 7. The maximum Gasteiger partial charge on any atom is 0.366 e. The summed E-state index contributed by atoms with van der Waals surface area (Å²) in [5.41, 5.74) is 0.151. The first-order valence-corrected chi connectivity index (χ1v) is 9.51. The summed E-state index contributed by atoms with van der Waals surface area (Å²) in [7, 11) is 0. The zero-order chi connectivity index (χ0) is 22.7. The molecule has 0 radical (unpaired) electrons. The van der Waals surface area contributed by atoms with Gasteiger partial charge in [0.2, 0.25) is 5.75 Å². The molecule has 2 aromatic carbocycles. The smallest absolute Gasteiger partial charge is 0.366 e. The molecular formula is C22H16F3N3O4. The van der Waals surface area contributed by atoms with Crippen LogP contribution in [0.5, 0.6) is 11.8 Å². The predicted molar refractivity (Wildman–Crippen MR) is 107 cm³/mol. The van der Waals surface area contributed by atoms with E-state index in [0.717, 1.165) is 12.1 Å². The lowest BCUT2D eigenvalue weighted by Gasteiger charge is -2.10. The van der Waals surface area contributed by atoms with E-state index < -0.39 is 28.8 Å². The van der Waals surface area contributed by atoms with Gasteiger partial charge in [0.15, 0.2) is 18.4 Å². The van der Waals surface area contributed by atoms with Crippen LogP contribution in [0.15, 0.2) is 64.0 Å². The summed E-state index contributed by atoms with van der Waals surface area (Å²) in [6.07, 6.45) is 1.30. The van der Waals surface area contributed by atoms with Crippen molar-refractivity contribution in [2.75, 3.05) is 6.61 Å². The molecule has 10 heteroatoms. The van der Waals surface area contributed by atoms with E-state index in [2.05, 4.69) is 9.97 Å². The Labute approximate surface area is 179 Å². The minimum absolute atomic E-state index is 0.103. The lowest BCUT2D eigenvalue weighted by molar-refractivity contribution is 0.0314. The highest BCUT2D eigenvalue weighted by atomic mass is 19.1. The normalized spacial score (nSPS) is 11.0. The maximum atomic E-state index is 14.0. The van der Waals surface area contributed by atoms with Crippen molar-refractivity contribution >= 4 is 0 Å². The lowest BCUT2D eigenvalue weighted by atomic mass is 10.0. The molecule has 0 amide bonds. The molecule has 0 bridgehead atoms. The molecule has 2 heterocycles. The number of halogens is 3. The van der Waals surface area contributed by atoms with Crippen molar-refractivity contribution in [3.05, 3.63) is 82.6 Å². The minimum atomic E-state index is -0.928. The zero-order valence-electron chi connectivity index (χ0n) is 16.7. The molecule has 0 aliphatic carbocycles. The van der Waals surface area contributed by atoms with Crippen LogP contribution in [-0.2, 0) is 11.5 Å². The second-order valence-corrected chi connectivity index (χ2v) is 6.49. The zero-order valence-corrected chi connectivity index (χ0v) is 16.7. The maximum absolute atomic E-state index is 14.0. The molecule has 164 valence electrons. The highest BCUT2D eigenvalue weighted by Gasteiger charge is 2.23. The molecule has 0 saturated heterocycles. The summed E-state index contributed by atoms with van der Waals surface area (Å²) in [6.45, 7) is 2.00. The van der Waals surface area contributed by atoms with Crippen LogP contribution < -0.4 is 10.4 Å². The Morgan fingerprint density at radius 2 is 1.75 bits per heavy atom. The molecule has 0 fully saturated rings. The van der Waals surface area contributed by atoms with Gasteiger partial charge in [-0.15, -0.1) is 0 Å². The summed E-state index contributed by atoms with van der Waals surface area (Å²) >= 11 is 0. The van der Waals surface area contributed by atoms with Crippen LogP contribution in [0.2, 0.25) is 0 Å². The van der Waals surface area contributed by atoms with Gasteiger partial charge in [0, 0.05) is 12.8 Å². The largest absolute Gasteiger partial charge is 0.418 e. The van der Waals surface area contributed by atoms with E-state index in [1.54, 1.807) is 6.92 Å². The molecule has 4 aromatic rings. The van der Waals surface area contributed by atoms with Gasteiger partial charge >= 0.3 is 11.6 Å². The van der Waals surface area contributed by atoms with E-state index in [4.69, 9.17) is 14.0 Å². The molecule has 0 N–H and O–H groups in total. The standard InChI is InChI=1S/C22H16F3N3O4/c1-2-30-12-28-19(18(21(29)32-28)13-6-8-14(23)9-7-13)17-10-11-26-22(27-17)31-20-15(24)4-3-5-16(20)25/h3-11H,2,12H2,1H3. The quantitative estimate of drug-likeness (QED) is 0.410. The average molecular weight is 443 g/mol. The van der Waals surface area contributed by atoms with Crippen LogP contribution in [0.3, 0.4) is 0 Å². The molecule has 0 aliphatic rings. The van der Waals surface area contributed by atoms with Gasteiger partial charge in [0.25, 0.3) is 0 Å². The van der Waals surface area contributed by atoms with Crippen LogP contribution in [0.1, 0.15) is 6.92 Å². The van der Waals surface area contributed by atoms with Crippen molar-refractivity contribution in [1.29, 1.82) is 0 Å². The first kappa shape index (κ1) is 21.3. The van der Waals surface area contributed by atoms with E-state index in [0.29, 0.717) is 12.2 Å². The molecule has 4 rings (SSSR count). The summed E-state index contributed by atoms with van der Waals surface area (Å²) in [5.74, 6) is -2.99. The highest BCUT2D eigenvalue weighted by Crippen LogP contribution is 2.31. The van der Waals surface area contributed by atoms with Gasteiger partial charge in [-0.3, -0.25) is 0 Å². The number of hydrogen-bond acceptors (Lipinski definition) is 6. The molecule has 0 spiro atoms. The van der Waals surface area contributed by atoms with Gasteiger partial charge in [0.1, 0.15) is 11.5 Å². The van der Waals surface area contributed by atoms with Crippen LogP contribution in [0, 0.1) is 17.5 Å². The second kappa shape index (κ2) is 9.06. The number of aromatic nitrogens is 3. The molecular weight excluding hydrogens is 427 g/mol. The van der Waals surface area contributed by atoms with Gasteiger partial charge < -0.3 is 14.0 Å². The fraction of sp³-hybridized carbons (Fsp3) is 0.136. The Kier molecular flexibility index (Phi) is 6.04. The molecule has 32 heavy (non-hydrogen) atoms. The Balaban J connectivity index is 1.82. The number of hydrogen-bond donors (Lipinski definition) is 0. The predicted octanol–water partition coefficient (Wildman–Crippen LogP) is 4.77. The Morgan fingerprint density at radius 3 is 2.44 bits per heavy atom. The van der Waals surface area contributed by atoms with Crippen molar-refractivity contribution < 1.29 is 27.2 Å². The van der Waals surface area contributed by atoms with Gasteiger partial charge in [0.05, 0.1) is 11.3 Å². The summed E-state index contributed by atoms with van der Waals surface area (Å²) < 4.78 is 58.4. The summed E-state index contributed by atoms with van der Waals surface area (Å²) in [4.78, 5) is 20.7. The number of benzene rings is 2. The monoisotopic (exact) mass is 443 g/mol. The number of para-hydroxylation sites is 1. The Hall–Kier alpha value is -3.92. The van der Waals surface area contributed by atoms with Crippen LogP contribution in [0.4, 0.5) is 13.2 Å². The Morgan fingerprint density at radius 1 is 1.03 bits per heavy atom. The molecule has 0 atom stereocenters. The van der Waals surface area contributed by atoms with E-state index >= 15 is 0 Å². The van der Waals surface area contributed by atoms with E-state index in [1.807, 2.05) is 0 Å². The molecule has 0 unspecified atom stereocenters. The van der Waals surface area contributed by atoms with Crippen molar-refractivity contribution in [3.8, 4) is 34.3 Å². The van der Waals surface area contributed by atoms with Gasteiger partial charge in [-0.2, -0.15) is 9.72 Å². The van der Waals surface area contributed by atoms with E-state index in [1.165, 1.54) is 47.3 Å². The third-order valence-corrected chi connectivity index (χ3v) is 4.42. The van der Waals surface area contributed by atoms with Crippen molar-refractivity contribution in [2.45, 2.75) is 13.7 Å². The van der Waals surface area contributed by atoms with Crippen LogP contribution in [-0.4, -0.2) is 21.3 Å². The van der Waals surface area contributed by atoms with Gasteiger partial charge in [-0.05, 0) is 42.8 Å². The van der Waals surface area contributed by atoms with E-state index in [9.17, 15) is 18.0 Å². The molecule has 0 aliphatic heterocycles. The fourth-order valence-corrected chi connectivity index (χ4v) is 3.00. The molecule has 7 nitrogen and oxygen atoms in total. The average Bonchev–Trinajstić information content (AvgIpc) is 3.11. The summed E-state index contributed by atoms with van der Waals surface area (Å²) in [6, 6.07) is 9.61. The third-order valence-electron chi connectivity index (χ3n) is 4.42. The van der Waals surface area contributed by atoms with Gasteiger partial charge in [-0.1, -0.05) is 18.2 Å². The van der Waals surface area contributed by atoms with Crippen LogP contribution >= 0.6 is 0 Å². The minimum Gasteiger partial charge on any atom is -0.418 e. The number of ether oxygens (including phenoxy) is 2. The SMILES string of the molecule is CCOCn1oc(=O)c(-c2ccc(F)cc2)c1-c1ccnc(Oc2c(F)cccc2F)n1. The first-order chi connectivity index (χ1) is 15.5. The Bertz CT molecular complexity index is 1280.